The summed E-state index contributed by atoms with van der Waals surface area (Å²) < 4.78 is 5.30. The number of ether oxygens (including phenoxy) is 1. The molecule has 1 rings (SSSR count). The number of nitrogens with one attached hydrogen (secondary N) is 1. The standard InChI is InChI=1S/C10H22N2O/c1-12(2)7-3-6-11-10-4-8-13-9-5-10/h10-11H,3-9H2,1-2H3. The Morgan fingerprint density at radius 3 is 2.62 bits per heavy atom. The van der Waals surface area contributed by atoms with Crippen LogP contribution < -0.4 is 5.32 Å². The summed E-state index contributed by atoms with van der Waals surface area (Å²) in [5.41, 5.74) is 0. The van der Waals surface area contributed by atoms with E-state index in [1.807, 2.05) is 0 Å². The minimum atomic E-state index is 0.705. The second-order valence-corrected chi connectivity index (χ2v) is 4.00. The summed E-state index contributed by atoms with van der Waals surface area (Å²) in [6.45, 7) is 4.19. The van der Waals surface area contributed by atoms with E-state index < -0.39 is 0 Å². The van der Waals surface area contributed by atoms with E-state index in [1.165, 1.54) is 25.8 Å². The average molecular weight is 186 g/mol. The van der Waals surface area contributed by atoms with Crippen molar-refractivity contribution >= 4 is 0 Å². The average Bonchev–Trinajstić information content (AvgIpc) is 2.14. The minimum absolute atomic E-state index is 0.705. The van der Waals surface area contributed by atoms with Gasteiger partial charge in [0, 0.05) is 19.3 Å². The molecule has 0 saturated carbocycles. The highest BCUT2D eigenvalue weighted by Gasteiger charge is 2.11. The van der Waals surface area contributed by atoms with Crippen LogP contribution >= 0.6 is 0 Å². The maximum atomic E-state index is 5.30. The predicted molar refractivity (Wildman–Crippen MR) is 55.0 cm³/mol. The maximum absolute atomic E-state index is 5.30. The molecule has 0 bridgehead atoms. The van der Waals surface area contributed by atoms with Gasteiger partial charge in [0.15, 0.2) is 0 Å². The largest absolute Gasteiger partial charge is 0.381 e. The molecule has 0 amide bonds. The monoisotopic (exact) mass is 186 g/mol. The Morgan fingerprint density at radius 1 is 1.31 bits per heavy atom. The maximum Gasteiger partial charge on any atom is 0.0480 e. The van der Waals surface area contributed by atoms with Crippen LogP contribution in [0.1, 0.15) is 19.3 Å². The van der Waals surface area contributed by atoms with Gasteiger partial charge in [-0.05, 0) is 46.4 Å². The summed E-state index contributed by atoms with van der Waals surface area (Å²) in [7, 11) is 4.24. The first kappa shape index (κ1) is 11.0. The molecular weight excluding hydrogens is 164 g/mol. The van der Waals surface area contributed by atoms with Gasteiger partial charge >= 0.3 is 0 Å². The zero-order valence-corrected chi connectivity index (χ0v) is 8.88. The lowest BCUT2D eigenvalue weighted by atomic mass is 10.1. The highest BCUT2D eigenvalue weighted by atomic mass is 16.5. The van der Waals surface area contributed by atoms with E-state index in [0.29, 0.717) is 6.04 Å². The predicted octanol–water partition coefficient (Wildman–Crippen LogP) is 0.707. The summed E-state index contributed by atoms with van der Waals surface area (Å²) >= 11 is 0. The van der Waals surface area contributed by atoms with Crippen molar-refractivity contribution in [1.82, 2.24) is 10.2 Å². The number of hydrogen-bond donors (Lipinski definition) is 1. The first-order valence-electron chi connectivity index (χ1n) is 5.25. The molecule has 1 saturated heterocycles. The van der Waals surface area contributed by atoms with Gasteiger partial charge in [-0.3, -0.25) is 0 Å². The zero-order valence-electron chi connectivity index (χ0n) is 8.88. The van der Waals surface area contributed by atoms with E-state index in [0.717, 1.165) is 19.8 Å². The van der Waals surface area contributed by atoms with Crippen LogP contribution in [0.4, 0.5) is 0 Å². The topological polar surface area (TPSA) is 24.5 Å². The molecule has 0 spiro atoms. The molecule has 0 atom stereocenters. The van der Waals surface area contributed by atoms with Gasteiger partial charge in [-0.2, -0.15) is 0 Å². The normalized spacial score (nSPS) is 19.6. The van der Waals surface area contributed by atoms with E-state index in [-0.39, 0.29) is 0 Å². The van der Waals surface area contributed by atoms with Gasteiger partial charge in [-0.1, -0.05) is 0 Å². The fourth-order valence-electron chi connectivity index (χ4n) is 1.60. The molecule has 0 radical (unpaired) electrons. The van der Waals surface area contributed by atoms with Gasteiger partial charge in [0.1, 0.15) is 0 Å². The Bertz CT molecular complexity index is 122. The smallest absolute Gasteiger partial charge is 0.0480 e. The molecule has 3 nitrogen and oxygen atoms in total. The quantitative estimate of drug-likeness (QED) is 0.640. The van der Waals surface area contributed by atoms with E-state index >= 15 is 0 Å². The van der Waals surface area contributed by atoms with Crippen molar-refractivity contribution in [3.8, 4) is 0 Å². The molecule has 1 heterocycles. The molecular formula is C10H22N2O. The highest BCUT2D eigenvalue weighted by Crippen LogP contribution is 2.05. The highest BCUT2D eigenvalue weighted by molar-refractivity contribution is 4.69. The first-order chi connectivity index (χ1) is 6.29. The molecule has 0 aromatic heterocycles. The lowest BCUT2D eigenvalue weighted by molar-refractivity contribution is 0.0779. The van der Waals surface area contributed by atoms with Crippen LogP contribution in [-0.4, -0.2) is 51.3 Å². The van der Waals surface area contributed by atoms with Gasteiger partial charge in [0.2, 0.25) is 0 Å². The molecule has 78 valence electrons. The lowest BCUT2D eigenvalue weighted by Gasteiger charge is -2.23. The number of hydrogen-bond acceptors (Lipinski definition) is 3. The van der Waals surface area contributed by atoms with Crippen molar-refractivity contribution in [3.05, 3.63) is 0 Å². The minimum Gasteiger partial charge on any atom is -0.381 e. The Balaban J connectivity index is 1.92. The van der Waals surface area contributed by atoms with Gasteiger partial charge in [0.25, 0.3) is 0 Å². The fraction of sp³-hybridized carbons (Fsp3) is 1.00. The van der Waals surface area contributed by atoms with Crippen molar-refractivity contribution in [3.63, 3.8) is 0 Å². The summed E-state index contributed by atoms with van der Waals surface area (Å²) in [5.74, 6) is 0. The molecule has 13 heavy (non-hydrogen) atoms. The first-order valence-corrected chi connectivity index (χ1v) is 5.25. The summed E-state index contributed by atoms with van der Waals surface area (Å²) in [6.07, 6.45) is 3.61. The molecule has 3 heteroatoms. The molecule has 0 aromatic carbocycles. The van der Waals surface area contributed by atoms with Crippen molar-refractivity contribution in [2.45, 2.75) is 25.3 Å². The molecule has 1 N–H and O–H groups in total. The Morgan fingerprint density at radius 2 is 2.00 bits per heavy atom. The van der Waals surface area contributed by atoms with Crippen molar-refractivity contribution < 1.29 is 4.74 Å². The van der Waals surface area contributed by atoms with Crippen LogP contribution in [0.5, 0.6) is 0 Å². The van der Waals surface area contributed by atoms with Crippen LogP contribution in [0.15, 0.2) is 0 Å². The van der Waals surface area contributed by atoms with Crippen molar-refractivity contribution in [2.75, 3.05) is 40.4 Å². The third-order valence-corrected chi connectivity index (χ3v) is 2.44. The molecule has 0 unspecified atom stereocenters. The van der Waals surface area contributed by atoms with Gasteiger partial charge in [0.05, 0.1) is 0 Å². The van der Waals surface area contributed by atoms with Crippen LogP contribution in [0.2, 0.25) is 0 Å². The second kappa shape index (κ2) is 6.35. The Kier molecular flexibility index (Phi) is 5.35. The summed E-state index contributed by atoms with van der Waals surface area (Å²) in [5, 5.41) is 3.57. The van der Waals surface area contributed by atoms with E-state index in [1.54, 1.807) is 0 Å². The van der Waals surface area contributed by atoms with Crippen molar-refractivity contribution in [1.29, 1.82) is 0 Å². The Labute approximate surface area is 81.4 Å². The molecule has 0 aliphatic carbocycles. The lowest BCUT2D eigenvalue weighted by Crippen LogP contribution is -2.36. The van der Waals surface area contributed by atoms with E-state index in [2.05, 4.69) is 24.3 Å². The number of nitrogens with zero attached hydrogens (tertiary/aromatic N) is 1. The van der Waals surface area contributed by atoms with Crippen LogP contribution in [0, 0.1) is 0 Å². The van der Waals surface area contributed by atoms with Crippen molar-refractivity contribution in [2.24, 2.45) is 0 Å². The van der Waals surface area contributed by atoms with Gasteiger partial charge in [-0.15, -0.1) is 0 Å². The summed E-state index contributed by atoms with van der Waals surface area (Å²) in [6, 6.07) is 0.705. The van der Waals surface area contributed by atoms with Crippen LogP contribution in [0.3, 0.4) is 0 Å². The molecule has 0 aromatic rings. The molecule has 1 fully saturated rings. The van der Waals surface area contributed by atoms with Crippen LogP contribution in [0.25, 0.3) is 0 Å². The fourth-order valence-corrected chi connectivity index (χ4v) is 1.60. The summed E-state index contributed by atoms with van der Waals surface area (Å²) in [4.78, 5) is 2.23. The van der Waals surface area contributed by atoms with Gasteiger partial charge < -0.3 is 15.0 Å². The van der Waals surface area contributed by atoms with E-state index in [4.69, 9.17) is 4.74 Å². The van der Waals surface area contributed by atoms with E-state index in [9.17, 15) is 0 Å². The Hall–Kier alpha value is -0.120. The molecule has 1 aliphatic rings. The van der Waals surface area contributed by atoms with Gasteiger partial charge in [-0.25, -0.2) is 0 Å². The second-order valence-electron chi connectivity index (χ2n) is 4.00. The third-order valence-electron chi connectivity index (χ3n) is 2.44. The zero-order chi connectivity index (χ0) is 9.52. The molecule has 1 aliphatic heterocycles. The third kappa shape index (κ3) is 5.24. The van der Waals surface area contributed by atoms with Crippen LogP contribution in [-0.2, 0) is 4.74 Å². The number of rotatable bonds is 5. The SMILES string of the molecule is CN(C)CCCNC1CCOCC1.